The summed E-state index contributed by atoms with van der Waals surface area (Å²) in [5.41, 5.74) is 1.41. The first-order chi connectivity index (χ1) is 16.9. The molecule has 0 aliphatic rings. The maximum Gasteiger partial charge on any atom is 0.338 e. The Kier molecular flexibility index (Phi) is 8.06. The van der Waals surface area contributed by atoms with Gasteiger partial charge in [0, 0.05) is 31.2 Å². The van der Waals surface area contributed by atoms with Crippen LogP contribution in [0.25, 0.3) is 10.9 Å². The van der Waals surface area contributed by atoms with Gasteiger partial charge < -0.3 is 14.4 Å². The van der Waals surface area contributed by atoms with Gasteiger partial charge >= 0.3 is 11.9 Å². The largest absolute Gasteiger partial charge is 0.458 e. The van der Waals surface area contributed by atoms with Crippen LogP contribution >= 0.6 is 11.6 Å². The smallest absolute Gasteiger partial charge is 0.338 e. The van der Waals surface area contributed by atoms with Crippen molar-refractivity contribution in [2.45, 2.75) is 46.4 Å². The van der Waals surface area contributed by atoms with E-state index in [0.717, 1.165) is 5.69 Å². The van der Waals surface area contributed by atoms with E-state index in [-0.39, 0.29) is 18.7 Å². The van der Waals surface area contributed by atoms with Gasteiger partial charge in [0.25, 0.3) is 5.56 Å². The molecule has 36 heavy (non-hydrogen) atoms. The summed E-state index contributed by atoms with van der Waals surface area (Å²) in [7, 11) is 1.57. The van der Waals surface area contributed by atoms with Gasteiger partial charge in [-0.25, -0.2) is 9.78 Å². The zero-order chi connectivity index (χ0) is 26.6. The molecule has 0 saturated carbocycles. The van der Waals surface area contributed by atoms with E-state index in [2.05, 4.69) is 10.9 Å². The van der Waals surface area contributed by atoms with Crippen molar-refractivity contribution in [1.29, 1.82) is 0 Å². The maximum atomic E-state index is 13.0. The van der Waals surface area contributed by atoms with E-state index in [1.54, 1.807) is 43.4 Å². The fourth-order valence-electron chi connectivity index (χ4n) is 3.50. The summed E-state index contributed by atoms with van der Waals surface area (Å²) in [6.45, 7) is 7.20. The van der Waals surface area contributed by atoms with E-state index in [9.17, 15) is 14.4 Å². The molecule has 0 aliphatic carbocycles. The minimum absolute atomic E-state index is 0.119. The molecule has 0 unspecified atom stereocenters. The lowest BCUT2D eigenvalue weighted by Gasteiger charge is -2.24. The molecule has 0 spiro atoms. The Morgan fingerprint density at radius 1 is 1.19 bits per heavy atom. The van der Waals surface area contributed by atoms with Crippen molar-refractivity contribution in [3.05, 3.63) is 68.7 Å². The average molecular weight is 510 g/mol. The summed E-state index contributed by atoms with van der Waals surface area (Å²) in [5, 5.41) is 0.790. The number of fused-ring (bicyclic) bond motifs is 1. The highest BCUT2D eigenvalue weighted by molar-refractivity contribution is 6.32. The van der Waals surface area contributed by atoms with Gasteiger partial charge in [-0.1, -0.05) is 17.5 Å². The normalized spacial score (nSPS) is 11.1. The zero-order valence-corrected chi connectivity index (χ0v) is 21.7. The van der Waals surface area contributed by atoms with E-state index in [0.29, 0.717) is 39.4 Å². The molecule has 1 aromatic heterocycles. The summed E-state index contributed by atoms with van der Waals surface area (Å²) in [6, 6.07) is 10.2. The molecule has 0 bridgehead atoms. The van der Waals surface area contributed by atoms with Crippen LogP contribution in [-0.2, 0) is 34.5 Å². The molecule has 1 heterocycles. The Hall–Kier alpha value is -3.83. The highest BCUT2D eigenvalue weighted by atomic mass is 35.5. The van der Waals surface area contributed by atoms with Gasteiger partial charge in [0.1, 0.15) is 18.0 Å². The lowest BCUT2D eigenvalue weighted by Crippen LogP contribution is -2.25. The van der Waals surface area contributed by atoms with E-state index in [1.165, 1.54) is 11.5 Å². The minimum atomic E-state index is -0.592. The van der Waals surface area contributed by atoms with Crippen molar-refractivity contribution in [2.75, 3.05) is 11.4 Å². The Bertz CT molecular complexity index is 1400. The van der Waals surface area contributed by atoms with Crippen molar-refractivity contribution in [1.82, 2.24) is 9.55 Å². The van der Waals surface area contributed by atoms with Gasteiger partial charge in [-0.15, -0.1) is 6.42 Å². The number of carbonyl (C=O) groups is 2. The van der Waals surface area contributed by atoms with Gasteiger partial charge in [-0.2, -0.15) is 0 Å². The molecule has 2 aromatic carbocycles. The second-order valence-corrected chi connectivity index (χ2v) is 9.65. The second kappa shape index (κ2) is 10.8. The number of anilines is 1. The topological polar surface area (TPSA) is 90.7 Å². The fraction of sp³-hybridized carbons (Fsp3) is 0.333. The fourth-order valence-corrected chi connectivity index (χ4v) is 3.72. The number of benzene rings is 2. The molecule has 9 heteroatoms. The van der Waals surface area contributed by atoms with Crippen LogP contribution in [0.4, 0.5) is 5.69 Å². The standard InChI is InChI=1S/C27H28ClN3O5/c1-7-12-31(20-10-8-18(9-11-20)26(34)36-27(3,4)5)15-19-13-21-23(14-22(19)28)29-24(16-35-17(2)32)30(6)25(21)33/h1,8-11,13-14H,12,15-16H2,2-6H3. The van der Waals surface area contributed by atoms with Gasteiger partial charge in [0.05, 0.1) is 23.0 Å². The zero-order valence-electron chi connectivity index (χ0n) is 20.9. The van der Waals surface area contributed by atoms with Crippen LogP contribution in [0.15, 0.2) is 41.2 Å². The van der Waals surface area contributed by atoms with Crippen LogP contribution < -0.4 is 10.5 Å². The van der Waals surface area contributed by atoms with Gasteiger partial charge in [-0.05, 0) is 62.7 Å². The summed E-state index contributed by atoms with van der Waals surface area (Å²) >= 11 is 6.56. The van der Waals surface area contributed by atoms with Crippen LogP contribution in [0.1, 0.15) is 49.4 Å². The number of nitrogens with zero attached hydrogens (tertiary/aromatic N) is 3. The molecule has 188 valence electrons. The Morgan fingerprint density at radius 3 is 2.44 bits per heavy atom. The first-order valence-corrected chi connectivity index (χ1v) is 11.6. The van der Waals surface area contributed by atoms with Crippen LogP contribution in [-0.4, -0.2) is 33.6 Å². The third-order valence-electron chi connectivity index (χ3n) is 5.25. The van der Waals surface area contributed by atoms with Crippen molar-refractivity contribution in [2.24, 2.45) is 7.05 Å². The molecule has 0 radical (unpaired) electrons. The number of terminal acetylenes is 1. The average Bonchev–Trinajstić information content (AvgIpc) is 2.80. The number of halogens is 1. The van der Waals surface area contributed by atoms with Crippen molar-refractivity contribution in [3.8, 4) is 12.3 Å². The van der Waals surface area contributed by atoms with Crippen molar-refractivity contribution < 1.29 is 19.1 Å². The van der Waals surface area contributed by atoms with E-state index in [4.69, 9.17) is 27.5 Å². The monoisotopic (exact) mass is 509 g/mol. The third kappa shape index (κ3) is 6.43. The minimum Gasteiger partial charge on any atom is -0.458 e. The number of rotatable bonds is 7. The Balaban J connectivity index is 1.92. The van der Waals surface area contributed by atoms with E-state index < -0.39 is 17.5 Å². The number of aromatic nitrogens is 2. The lowest BCUT2D eigenvalue weighted by molar-refractivity contribution is -0.142. The molecule has 0 N–H and O–H groups in total. The number of hydrogen-bond donors (Lipinski definition) is 0. The summed E-state index contributed by atoms with van der Waals surface area (Å²) in [4.78, 5) is 42.8. The van der Waals surface area contributed by atoms with Gasteiger partial charge in [0.2, 0.25) is 0 Å². The van der Waals surface area contributed by atoms with Gasteiger partial charge in [-0.3, -0.25) is 14.2 Å². The summed E-state index contributed by atoms with van der Waals surface area (Å²) < 4.78 is 11.8. The predicted molar refractivity (Wildman–Crippen MR) is 139 cm³/mol. The van der Waals surface area contributed by atoms with Crippen LogP contribution in [0.2, 0.25) is 5.02 Å². The molecule has 0 fully saturated rings. The number of esters is 2. The number of ether oxygens (including phenoxy) is 2. The number of carbonyl (C=O) groups excluding carboxylic acids is 2. The third-order valence-corrected chi connectivity index (χ3v) is 5.60. The highest BCUT2D eigenvalue weighted by Crippen LogP contribution is 2.26. The molecule has 0 amide bonds. The predicted octanol–water partition coefficient (Wildman–Crippen LogP) is 4.25. The molecule has 0 atom stereocenters. The first kappa shape index (κ1) is 26.8. The van der Waals surface area contributed by atoms with Crippen LogP contribution in [0.5, 0.6) is 0 Å². The molecule has 0 saturated heterocycles. The number of hydrogen-bond acceptors (Lipinski definition) is 7. The quantitative estimate of drug-likeness (QED) is 0.347. The Labute approximate surface area is 214 Å². The van der Waals surface area contributed by atoms with Crippen molar-refractivity contribution in [3.63, 3.8) is 0 Å². The van der Waals surface area contributed by atoms with Crippen molar-refractivity contribution >= 4 is 40.1 Å². The molecule has 0 aliphatic heterocycles. The molecule has 3 aromatic rings. The van der Waals surface area contributed by atoms with Gasteiger partial charge in [0.15, 0.2) is 0 Å². The molecular weight excluding hydrogens is 482 g/mol. The van der Waals surface area contributed by atoms with E-state index in [1.807, 2.05) is 25.7 Å². The molecule has 8 nitrogen and oxygen atoms in total. The molecular formula is C27H28ClN3O5. The van der Waals surface area contributed by atoms with E-state index >= 15 is 0 Å². The van der Waals surface area contributed by atoms with Crippen LogP contribution in [0.3, 0.4) is 0 Å². The summed E-state index contributed by atoms with van der Waals surface area (Å²) in [5.74, 6) is 2.07. The Morgan fingerprint density at radius 2 is 1.86 bits per heavy atom. The summed E-state index contributed by atoms with van der Waals surface area (Å²) in [6.07, 6.45) is 5.61. The SMILES string of the molecule is C#CCN(Cc1cc2c(=O)n(C)c(COC(C)=O)nc2cc1Cl)c1ccc(C(=O)OC(C)(C)C)cc1. The maximum absolute atomic E-state index is 13.0. The second-order valence-electron chi connectivity index (χ2n) is 9.24. The molecule has 3 rings (SSSR count). The highest BCUT2D eigenvalue weighted by Gasteiger charge is 2.19. The first-order valence-electron chi connectivity index (χ1n) is 11.2. The lowest BCUT2D eigenvalue weighted by atomic mass is 10.1. The van der Waals surface area contributed by atoms with Crippen LogP contribution in [0, 0.1) is 12.3 Å².